The zero-order valence-corrected chi connectivity index (χ0v) is 14.8. The number of halogens is 2. The van der Waals surface area contributed by atoms with Gasteiger partial charge in [0.1, 0.15) is 5.60 Å². The maximum Gasteiger partial charge on any atom is 0.306 e. The fourth-order valence-corrected chi connectivity index (χ4v) is 2.56. The monoisotopic (exact) mass is 405 g/mol. The van der Waals surface area contributed by atoms with Crippen LogP contribution in [0.3, 0.4) is 0 Å². The lowest BCUT2D eigenvalue weighted by molar-refractivity contribution is -0.155. The van der Waals surface area contributed by atoms with Gasteiger partial charge < -0.3 is 10.1 Å². The van der Waals surface area contributed by atoms with Crippen LogP contribution in [-0.4, -0.2) is 17.5 Å². The molecule has 0 atom stereocenters. The molecule has 0 aliphatic rings. The van der Waals surface area contributed by atoms with E-state index in [4.69, 9.17) is 4.74 Å². The van der Waals surface area contributed by atoms with E-state index in [-0.39, 0.29) is 24.7 Å². The van der Waals surface area contributed by atoms with Crippen molar-refractivity contribution in [3.05, 3.63) is 27.1 Å². The number of hydrogen-bond donors (Lipinski definition) is 1. The average molecular weight is 407 g/mol. The third-order valence-corrected chi connectivity index (χ3v) is 3.33. The Balaban J connectivity index is 2.46. The summed E-state index contributed by atoms with van der Waals surface area (Å²) in [5, 5.41) is 2.74. The summed E-state index contributed by atoms with van der Waals surface area (Å²) >= 11 is 6.70. The van der Waals surface area contributed by atoms with Crippen LogP contribution in [0.1, 0.15) is 33.6 Å². The van der Waals surface area contributed by atoms with E-state index in [1.807, 2.05) is 12.1 Å². The van der Waals surface area contributed by atoms with Gasteiger partial charge in [-0.3, -0.25) is 9.59 Å². The first-order chi connectivity index (χ1) is 9.17. The van der Waals surface area contributed by atoms with Crippen LogP contribution in [-0.2, 0) is 14.3 Å². The Morgan fingerprint density at radius 3 is 2.40 bits per heavy atom. The molecule has 0 spiro atoms. The molecule has 0 unspecified atom stereocenters. The van der Waals surface area contributed by atoms with Crippen molar-refractivity contribution in [1.82, 2.24) is 0 Å². The van der Waals surface area contributed by atoms with Gasteiger partial charge in [0, 0.05) is 15.4 Å². The fourth-order valence-electron chi connectivity index (χ4n) is 1.41. The van der Waals surface area contributed by atoms with E-state index in [0.29, 0.717) is 5.69 Å². The summed E-state index contributed by atoms with van der Waals surface area (Å²) in [4.78, 5) is 23.3. The van der Waals surface area contributed by atoms with Crippen molar-refractivity contribution >= 4 is 49.4 Å². The molecule has 0 aliphatic heterocycles. The van der Waals surface area contributed by atoms with Gasteiger partial charge in [0.25, 0.3) is 0 Å². The minimum absolute atomic E-state index is 0.0667. The Morgan fingerprint density at radius 2 is 1.85 bits per heavy atom. The first-order valence-corrected chi connectivity index (χ1v) is 7.73. The molecule has 4 nitrogen and oxygen atoms in total. The minimum Gasteiger partial charge on any atom is -0.460 e. The molecule has 1 aromatic rings. The van der Waals surface area contributed by atoms with Crippen LogP contribution < -0.4 is 5.32 Å². The summed E-state index contributed by atoms with van der Waals surface area (Å²) in [6, 6.07) is 5.44. The Bertz CT molecular complexity index is 510. The standard InChI is InChI=1S/C14H17Br2NO3/c1-14(2,3)20-13(19)7-6-12(18)17-11-5-4-9(15)8-10(11)16/h4-5,8H,6-7H2,1-3H3,(H,17,18). The summed E-state index contributed by atoms with van der Waals surface area (Å²) in [6.45, 7) is 5.39. The lowest BCUT2D eigenvalue weighted by Gasteiger charge is -2.19. The van der Waals surface area contributed by atoms with E-state index in [1.54, 1.807) is 26.8 Å². The van der Waals surface area contributed by atoms with Crippen LogP contribution >= 0.6 is 31.9 Å². The van der Waals surface area contributed by atoms with Crippen molar-refractivity contribution in [2.75, 3.05) is 5.32 Å². The van der Waals surface area contributed by atoms with Gasteiger partial charge >= 0.3 is 5.97 Å². The van der Waals surface area contributed by atoms with Crippen LogP contribution in [0, 0.1) is 0 Å². The Labute approximate surface area is 135 Å². The summed E-state index contributed by atoms with van der Waals surface area (Å²) in [5.74, 6) is -0.596. The Hall–Kier alpha value is -0.880. The van der Waals surface area contributed by atoms with E-state index in [1.165, 1.54) is 0 Å². The molecule has 0 radical (unpaired) electrons. The molecule has 0 saturated heterocycles. The lowest BCUT2D eigenvalue weighted by atomic mass is 10.2. The van der Waals surface area contributed by atoms with E-state index in [2.05, 4.69) is 37.2 Å². The number of rotatable bonds is 4. The number of ether oxygens (including phenoxy) is 1. The molecular weight excluding hydrogens is 390 g/mol. The van der Waals surface area contributed by atoms with E-state index >= 15 is 0 Å². The number of nitrogens with one attached hydrogen (secondary N) is 1. The third-order valence-electron chi connectivity index (χ3n) is 2.18. The van der Waals surface area contributed by atoms with Gasteiger partial charge in [0.2, 0.25) is 5.91 Å². The van der Waals surface area contributed by atoms with Crippen LogP contribution in [0.15, 0.2) is 27.1 Å². The van der Waals surface area contributed by atoms with Gasteiger partial charge in [-0.15, -0.1) is 0 Å². The highest BCUT2D eigenvalue weighted by Gasteiger charge is 2.17. The van der Waals surface area contributed by atoms with Crippen LogP contribution in [0.25, 0.3) is 0 Å². The molecule has 1 aromatic carbocycles. The van der Waals surface area contributed by atoms with Crippen molar-refractivity contribution in [2.24, 2.45) is 0 Å². The molecule has 1 rings (SSSR count). The highest BCUT2D eigenvalue weighted by Crippen LogP contribution is 2.26. The summed E-state index contributed by atoms with van der Waals surface area (Å²) in [6.07, 6.45) is 0.161. The molecule has 1 N–H and O–H groups in total. The van der Waals surface area contributed by atoms with Gasteiger partial charge in [-0.2, -0.15) is 0 Å². The number of amides is 1. The van der Waals surface area contributed by atoms with Crippen molar-refractivity contribution in [1.29, 1.82) is 0 Å². The number of carbonyl (C=O) groups excluding carboxylic acids is 2. The number of carbonyl (C=O) groups is 2. The van der Waals surface area contributed by atoms with Gasteiger partial charge in [0.15, 0.2) is 0 Å². The Kier molecular flexibility index (Phi) is 6.20. The van der Waals surface area contributed by atoms with Crippen molar-refractivity contribution in [3.8, 4) is 0 Å². The highest BCUT2D eigenvalue weighted by molar-refractivity contribution is 9.11. The van der Waals surface area contributed by atoms with Crippen molar-refractivity contribution in [3.63, 3.8) is 0 Å². The molecule has 1 amide bonds. The normalized spacial score (nSPS) is 11.1. The molecular formula is C14H17Br2NO3. The van der Waals surface area contributed by atoms with E-state index < -0.39 is 5.60 Å². The number of esters is 1. The van der Waals surface area contributed by atoms with Gasteiger partial charge in [-0.25, -0.2) is 0 Å². The second-order valence-electron chi connectivity index (χ2n) is 5.26. The molecule has 0 aromatic heterocycles. The predicted octanol–water partition coefficient (Wildman–Crippen LogP) is 4.27. The summed E-state index contributed by atoms with van der Waals surface area (Å²) < 4.78 is 6.83. The maximum atomic E-state index is 11.8. The third kappa shape index (κ3) is 6.52. The van der Waals surface area contributed by atoms with Gasteiger partial charge in [-0.1, -0.05) is 15.9 Å². The zero-order chi connectivity index (χ0) is 15.3. The fraction of sp³-hybridized carbons (Fsp3) is 0.429. The first kappa shape index (κ1) is 17.2. The highest BCUT2D eigenvalue weighted by atomic mass is 79.9. The maximum absolute atomic E-state index is 11.8. The molecule has 6 heteroatoms. The van der Waals surface area contributed by atoms with Crippen LogP contribution in [0.5, 0.6) is 0 Å². The molecule has 0 saturated carbocycles. The first-order valence-electron chi connectivity index (χ1n) is 6.14. The second kappa shape index (κ2) is 7.22. The molecule has 0 heterocycles. The second-order valence-corrected chi connectivity index (χ2v) is 7.03. The molecule has 0 aliphatic carbocycles. The van der Waals surface area contributed by atoms with E-state index in [9.17, 15) is 9.59 Å². The SMILES string of the molecule is CC(C)(C)OC(=O)CCC(=O)Nc1ccc(Br)cc1Br. The molecule has 20 heavy (non-hydrogen) atoms. The molecule has 110 valence electrons. The average Bonchev–Trinajstić information content (AvgIpc) is 2.28. The Morgan fingerprint density at radius 1 is 1.20 bits per heavy atom. The summed E-state index contributed by atoms with van der Waals surface area (Å²) in [7, 11) is 0. The van der Waals surface area contributed by atoms with E-state index in [0.717, 1.165) is 8.95 Å². The predicted molar refractivity (Wildman–Crippen MR) is 85.6 cm³/mol. The van der Waals surface area contributed by atoms with Crippen LogP contribution in [0.4, 0.5) is 5.69 Å². The van der Waals surface area contributed by atoms with Crippen molar-refractivity contribution < 1.29 is 14.3 Å². The van der Waals surface area contributed by atoms with Crippen molar-refractivity contribution in [2.45, 2.75) is 39.2 Å². The number of anilines is 1. The molecule has 0 fully saturated rings. The number of hydrogen-bond acceptors (Lipinski definition) is 3. The van der Waals surface area contributed by atoms with Gasteiger partial charge in [0.05, 0.1) is 12.1 Å². The quantitative estimate of drug-likeness (QED) is 0.759. The molecule has 0 bridgehead atoms. The zero-order valence-electron chi connectivity index (χ0n) is 11.6. The van der Waals surface area contributed by atoms with Gasteiger partial charge in [-0.05, 0) is 54.9 Å². The summed E-state index contributed by atoms with van der Waals surface area (Å²) in [5.41, 5.74) is 0.143. The largest absolute Gasteiger partial charge is 0.460 e. The number of benzene rings is 1. The smallest absolute Gasteiger partial charge is 0.306 e. The topological polar surface area (TPSA) is 55.4 Å². The minimum atomic E-state index is -0.526. The van der Waals surface area contributed by atoms with Crippen LogP contribution in [0.2, 0.25) is 0 Å². The lowest BCUT2D eigenvalue weighted by Crippen LogP contribution is -2.24.